The molecule has 0 aromatic carbocycles. The number of rotatable bonds is 2. The van der Waals surface area contributed by atoms with Gasteiger partial charge in [0.25, 0.3) is 5.91 Å². The Labute approximate surface area is 96.0 Å². The van der Waals surface area contributed by atoms with E-state index in [1.165, 1.54) is 4.90 Å². The molecule has 0 unspecified atom stereocenters. The number of carboxylic acids is 1. The predicted molar refractivity (Wildman–Crippen MR) is 56.1 cm³/mol. The van der Waals surface area contributed by atoms with Gasteiger partial charge < -0.3 is 10.0 Å². The molecule has 2 rings (SSSR count). The van der Waals surface area contributed by atoms with E-state index in [1.807, 2.05) is 6.92 Å². The second-order valence-corrected chi connectivity index (χ2v) is 4.53. The topological polar surface area (TPSA) is 83.4 Å². The number of carboxylic acid groups (broad SMARTS) is 1. The fraction of sp³-hybridized carbons (Fsp3) is 0.556. The van der Waals surface area contributed by atoms with E-state index in [9.17, 15) is 9.59 Å². The lowest BCUT2D eigenvalue weighted by molar-refractivity contribution is -0.142. The summed E-state index contributed by atoms with van der Waals surface area (Å²) in [6.07, 6.45) is 0. The molecule has 0 aliphatic carbocycles. The van der Waals surface area contributed by atoms with Crippen molar-refractivity contribution >= 4 is 23.4 Å². The van der Waals surface area contributed by atoms with Crippen LogP contribution in [-0.4, -0.2) is 44.6 Å². The second kappa shape index (κ2) is 4.17. The Morgan fingerprint density at radius 2 is 2.31 bits per heavy atom. The Bertz CT molecular complexity index is 406. The number of likely N-dealkylation sites (tertiary alicyclic amines) is 1. The van der Waals surface area contributed by atoms with Gasteiger partial charge in [-0.15, -0.1) is 5.10 Å². The molecule has 0 saturated carbocycles. The highest BCUT2D eigenvalue weighted by atomic mass is 32.1. The number of hydrogen-bond donors (Lipinski definition) is 1. The lowest BCUT2D eigenvalue weighted by Gasteiger charge is -2.13. The number of aliphatic carboxylic acids is 1. The maximum absolute atomic E-state index is 11.9. The highest BCUT2D eigenvalue weighted by molar-refractivity contribution is 7.03. The molecule has 1 aromatic heterocycles. The third kappa shape index (κ3) is 1.90. The van der Waals surface area contributed by atoms with Crippen molar-refractivity contribution in [3.8, 4) is 0 Å². The zero-order valence-corrected chi connectivity index (χ0v) is 9.48. The molecule has 1 fully saturated rings. The minimum absolute atomic E-state index is 0.0203. The Hall–Kier alpha value is -1.50. The van der Waals surface area contributed by atoms with Crippen LogP contribution < -0.4 is 0 Å². The molecule has 1 saturated heterocycles. The smallest absolute Gasteiger partial charge is 0.308 e. The van der Waals surface area contributed by atoms with Gasteiger partial charge >= 0.3 is 5.97 Å². The molecule has 6 nitrogen and oxygen atoms in total. The van der Waals surface area contributed by atoms with Crippen LogP contribution in [0.3, 0.4) is 0 Å². The van der Waals surface area contributed by atoms with Gasteiger partial charge in [0.2, 0.25) is 0 Å². The molecular formula is C9H11N3O3S. The van der Waals surface area contributed by atoms with Gasteiger partial charge in [0.15, 0.2) is 5.69 Å². The monoisotopic (exact) mass is 241 g/mol. The van der Waals surface area contributed by atoms with Gasteiger partial charge in [0.05, 0.1) is 5.92 Å². The van der Waals surface area contributed by atoms with Crippen LogP contribution in [0.2, 0.25) is 0 Å². The van der Waals surface area contributed by atoms with E-state index < -0.39 is 11.9 Å². The summed E-state index contributed by atoms with van der Waals surface area (Å²) in [5.41, 5.74) is 0.295. The van der Waals surface area contributed by atoms with E-state index in [1.54, 1.807) is 5.38 Å². The Morgan fingerprint density at radius 1 is 1.56 bits per heavy atom. The van der Waals surface area contributed by atoms with Crippen LogP contribution in [0.5, 0.6) is 0 Å². The van der Waals surface area contributed by atoms with Crippen molar-refractivity contribution in [2.24, 2.45) is 11.8 Å². The second-order valence-electron chi connectivity index (χ2n) is 3.92. The third-order valence-electron chi connectivity index (χ3n) is 2.80. The van der Waals surface area contributed by atoms with Crippen LogP contribution in [-0.2, 0) is 4.79 Å². The van der Waals surface area contributed by atoms with Gasteiger partial charge in [-0.1, -0.05) is 11.4 Å². The largest absolute Gasteiger partial charge is 0.481 e. The molecule has 0 bridgehead atoms. The normalized spacial score (nSPS) is 24.7. The quantitative estimate of drug-likeness (QED) is 0.806. The standard InChI is InChI=1S/C9H11N3O3S/c1-5-2-12(3-6(5)9(14)15)8(13)7-4-16-11-10-7/h4-6H,2-3H2,1H3,(H,14,15)/t5-,6-/m1/s1. The van der Waals surface area contributed by atoms with Crippen LogP contribution in [0, 0.1) is 11.8 Å². The number of carbonyl (C=O) groups is 2. The van der Waals surface area contributed by atoms with Gasteiger partial charge in [0, 0.05) is 18.5 Å². The SMILES string of the molecule is C[C@@H]1CN(C(=O)c2csnn2)C[C@H]1C(=O)O. The first-order valence-electron chi connectivity index (χ1n) is 4.88. The zero-order chi connectivity index (χ0) is 11.7. The van der Waals surface area contributed by atoms with Crippen LogP contribution in [0.25, 0.3) is 0 Å². The van der Waals surface area contributed by atoms with Crippen molar-refractivity contribution in [3.63, 3.8) is 0 Å². The minimum Gasteiger partial charge on any atom is -0.481 e. The van der Waals surface area contributed by atoms with Crippen LogP contribution in [0.1, 0.15) is 17.4 Å². The zero-order valence-electron chi connectivity index (χ0n) is 8.66. The number of amides is 1. The Kier molecular flexibility index (Phi) is 2.86. The molecule has 1 aliphatic heterocycles. The number of nitrogens with zero attached hydrogens (tertiary/aromatic N) is 3. The highest BCUT2D eigenvalue weighted by Crippen LogP contribution is 2.24. The molecule has 86 valence electrons. The minimum atomic E-state index is -0.848. The number of hydrogen-bond acceptors (Lipinski definition) is 5. The predicted octanol–water partition coefficient (Wildman–Crippen LogP) is 0.331. The summed E-state index contributed by atoms with van der Waals surface area (Å²) in [6.45, 7) is 2.56. The molecule has 2 atom stereocenters. The maximum atomic E-state index is 11.9. The van der Waals surface area contributed by atoms with Crippen molar-refractivity contribution in [2.75, 3.05) is 13.1 Å². The Balaban J connectivity index is 2.09. The summed E-state index contributed by atoms with van der Waals surface area (Å²) >= 11 is 1.11. The summed E-state index contributed by atoms with van der Waals surface area (Å²) in [5, 5.41) is 14.2. The lowest BCUT2D eigenvalue weighted by Crippen LogP contribution is -2.30. The van der Waals surface area contributed by atoms with Gasteiger partial charge in [-0.2, -0.15) is 0 Å². The first-order valence-corrected chi connectivity index (χ1v) is 5.72. The number of aromatic nitrogens is 2. The van der Waals surface area contributed by atoms with Crippen LogP contribution in [0.15, 0.2) is 5.38 Å². The van der Waals surface area contributed by atoms with Gasteiger partial charge in [-0.05, 0) is 17.5 Å². The van der Waals surface area contributed by atoms with E-state index in [0.717, 1.165) is 11.5 Å². The summed E-state index contributed by atoms with van der Waals surface area (Å²) < 4.78 is 3.62. The van der Waals surface area contributed by atoms with E-state index >= 15 is 0 Å². The summed E-state index contributed by atoms with van der Waals surface area (Å²) in [6, 6.07) is 0. The highest BCUT2D eigenvalue weighted by Gasteiger charge is 2.37. The van der Waals surface area contributed by atoms with E-state index in [2.05, 4.69) is 9.59 Å². The van der Waals surface area contributed by atoms with Crippen molar-refractivity contribution in [1.82, 2.24) is 14.5 Å². The molecule has 1 aromatic rings. The maximum Gasteiger partial charge on any atom is 0.308 e. The van der Waals surface area contributed by atoms with Gasteiger partial charge in [0.1, 0.15) is 0 Å². The molecule has 7 heteroatoms. The fourth-order valence-electron chi connectivity index (χ4n) is 1.87. The lowest BCUT2D eigenvalue weighted by atomic mass is 9.99. The molecule has 1 aliphatic rings. The molecular weight excluding hydrogens is 230 g/mol. The first kappa shape index (κ1) is 11.0. The van der Waals surface area contributed by atoms with E-state index in [4.69, 9.17) is 5.11 Å². The van der Waals surface area contributed by atoms with Crippen molar-refractivity contribution in [3.05, 3.63) is 11.1 Å². The molecule has 2 heterocycles. The van der Waals surface area contributed by atoms with E-state index in [-0.39, 0.29) is 18.4 Å². The third-order valence-corrected chi connectivity index (χ3v) is 3.30. The average molecular weight is 241 g/mol. The number of carbonyl (C=O) groups excluding carboxylic acids is 1. The summed E-state index contributed by atoms with van der Waals surface area (Å²) in [4.78, 5) is 24.3. The van der Waals surface area contributed by atoms with Crippen molar-refractivity contribution < 1.29 is 14.7 Å². The molecule has 16 heavy (non-hydrogen) atoms. The first-order chi connectivity index (χ1) is 7.59. The van der Waals surface area contributed by atoms with Gasteiger partial charge in [-0.3, -0.25) is 9.59 Å². The van der Waals surface area contributed by atoms with Crippen molar-refractivity contribution in [1.29, 1.82) is 0 Å². The van der Waals surface area contributed by atoms with Gasteiger partial charge in [-0.25, -0.2) is 0 Å². The Morgan fingerprint density at radius 3 is 2.81 bits per heavy atom. The fourth-order valence-corrected chi connectivity index (χ4v) is 2.30. The average Bonchev–Trinajstić information content (AvgIpc) is 2.84. The molecule has 0 radical (unpaired) electrons. The van der Waals surface area contributed by atoms with E-state index in [0.29, 0.717) is 12.2 Å². The van der Waals surface area contributed by atoms with Crippen molar-refractivity contribution in [2.45, 2.75) is 6.92 Å². The summed E-state index contributed by atoms with van der Waals surface area (Å²) in [5.74, 6) is -1.58. The van der Waals surface area contributed by atoms with Crippen LogP contribution >= 0.6 is 11.5 Å². The van der Waals surface area contributed by atoms with Crippen LogP contribution in [0.4, 0.5) is 0 Å². The molecule has 1 N–H and O–H groups in total. The molecule has 1 amide bonds. The summed E-state index contributed by atoms with van der Waals surface area (Å²) in [7, 11) is 0. The molecule has 0 spiro atoms.